The number of anilines is 2. The summed E-state index contributed by atoms with van der Waals surface area (Å²) in [6.07, 6.45) is 0. The molecular formula is C21H22BrN3O2. The molecule has 27 heavy (non-hydrogen) atoms. The Bertz CT molecular complexity index is 925. The molecule has 2 amide bonds. The second-order valence-electron chi connectivity index (χ2n) is 7.78. The van der Waals surface area contributed by atoms with Crippen LogP contribution in [0.15, 0.2) is 53.0 Å². The molecule has 6 heteroatoms. The second kappa shape index (κ2) is 6.09. The minimum atomic E-state index is -0.579. The summed E-state index contributed by atoms with van der Waals surface area (Å²) in [4.78, 5) is 29.4. The summed E-state index contributed by atoms with van der Waals surface area (Å²) in [5.41, 5.74) is 2.12. The molecule has 1 N–H and O–H groups in total. The maximum Gasteiger partial charge on any atom is 0.244 e. The van der Waals surface area contributed by atoms with Crippen LogP contribution in [-0.2, 0) is 15.0 Å². The number of fused-ring (bicyclic) bond motifs is 3. The van der Waals surface area contributed by atoms with E-state index in [1.807, 2.05) is 36.4 Å². The predicted octanol–water partition coefficient (Wildman–Crippen LogP) is 3.74. The van der Waals surface area contributed by atoms with Crippen molar-refractivity contribution in [1.29, 1.82) is 0 Å². The highest BCUT2D eigenvalue weighted by molar-refractivity contribution is 9.10. The van der Waals surface area contributed by atoms with Crippen molar-refractivity contribution in [2.45, 2.75) is 31.8 Å². The highest BCUT2D eigenvalue weighted by Crippen LogP contribution is 2.55. The molecular weight excluding hydrogens is 406 g/mol. The third kappa shape index (κ3) is 2.57. The zero-order valence-corrected chi connectivity index (χ0v) is 17.2. The number of carbonyl (C=O) groups excluding carboxylic acids is 2. The zero-order chi connectivity index (χ0) is 19.4. The summed E-state index contributed by atoms with van der Waals surface area (Å²) in [7, 11) is 0. The molecule has 0 spiro atoms. The molecule has 0 bridgehead atoms. The van der Waals surface area contributed by atoms with Crippen molar-refractivity contribution in [3.8, 4) is 0 Å². The SMILES string of the molecule is CC1(C)c2ccccc2N2CC(=O)N(CC(=O)Nc3ccc(Br)cc3)[C@@]21C. The van der Waals surface area contributed by atoms with E-state index in [9.17, 15) is 9.59 Å². The summed E-state index contributed by atoms with van der Waals surface area (Å²) in [6.45, 7) is 6.67. The van der Waals surface area contributed by atoms with E-state index < -0.39 is 5.66 Å². The molecule has 1 atom stereocenters. The lowest BCUT2D eigenvalue weighted by molar-refractivity contribution is -0.135. The first-order valence-electron chi connectivity index (χ1n) is 8.98. The first kappa shape index (κ1) is 18.0. The van der Waals surface area contributed by atoms with Crippen molar-refractivity contribution in [3.05, 3.63) is 58.6 Å². The van der Waals surface area contributed by atoms with Crippen LogP contribution in [0, 0.1) is 0 Å². The molecule has 1 saturated heterocycles. The van der Waals surface area contributed by atoms with Gasteiger partial charge in [0.1, 0.15) is 12.2 Å². The molecule has 2 aliphatic rings. The van der Waals surface area contributed by atoms with Gasteiger partial charge in [0, 0.05) is 21.3 Å². The highest BCUT2D eigenvalue weighted by Gasteiger charge is 2.62. The number of benzene rings is 2. The van der Waals surface area contributed by atoms with Gasteiger partial charge in [0.15, 0.2) is 0 Å². The summed E-state index contributed by atoms with van der Waals surface area (Å²) >= 11 is 3.38. The molecule has 1 fully saturated rings. The zero-order valence-electron chi connectivity index (χ0n) is 15.6. The number of nitrogens with one attached hydrogen (secondary N) is 1. The lowest BCUT2D eigenvalue weighted by atomic mass is 9.76. The molecule has 140 valence electrons. The molecule has 2 aromatic rings. The van der Waals surface area contributed by atoms with Crippen LogP contribution in [0.2, 0.25) is 0 Å². The van der Waals surface area contributed by atoms with Gasteiger partial charge < -0.3 is 15.1 Å². The molecule has 0 saturated carbocycles. The molecule has 0 radical (unpaired) electrons. The van der Waals surface area contributed by atoms with Crippen LogP contribution in [0.5, 0.6) is 0 Å². The fourth-order valence-electron chi connectivity index (χ4n) is 4.37. The van der Waals surface area contributed by atoms with Gasteiger partial charge in [-0.15, -0.1) is 0 Å². The van der Waals surface area contributed by atoms with Crippen LogP contribution in [-0.4, -0.2) is 35.5 Å². The van der Waals surface area contributed by atoms with Gasteiger partial charge in [-0.2, -0.15) is 0 Å². The maximum absolute atomic E-state index is 12.8. The van der Waals surface area contributed by atoms with Crippen LogP contribution >= 0.6 is 15.9 Å². The Morgan fingerprint density at radius 1 is 1.11 bits per heavy atom. The predicted molar refractivity (Wildman–Crippen MR) is 110 cm³/mol. The first-order valence-corrected chi connectivity index (χ1v) is 9.77. The number of amides is 2. The Kier molecular flexibility index (Phi) is 4.07. The number of hydrogen-bond acceptors (Lipinski definition) is 3. The summed E-state index contributed by atoms with van der Waals surface area (Å²) < 4.78 is 0.948. The average molecular weight is 428 g/mol. The van der Waals surface area contributed by atoms with Crippen molar-refractivity contribution in [3.63, 3.8) is 0 Å². The van der Waals surface area contributed by atoms with Gasteiger partial charge in [-0.1, -0.05) is 48.0 Å². The van der Waals surface area contributed by atoms with Gasteiger partial charge in [0.05, 0.1) is 6.54 Å². The largest absolute Gasteiger partial charge is 0.338 e. The fourth-order valence-corrected chi connectivity index (χ4v) is 4.63. The summed E-state index contributed by atoms with van der Waals surface area (Å²) in [5.74, 6) is -0.216. The highest BCUT2D eigenvalue weighted by atomic mass is 79.9. The van der Waals surface area contributed by atoms with E-state index >= 15 is 0 Å². The number of nitrogens with zero attached hydrogens (tertiary/aromatic N) is 2. The van der Waals surface area contributed by atoms with Crippen LogP contribution in [0.4, 0.5) is 11.4 Å². The molecule has 2 aliphatic heterocycles. The molecule has 5 nitrogen and oxygen atoms in total. The molecule has 0 aliphatic carbocycles. The van der Waals surface area contributed by atoms with Crippen molar-refractivity contribution in [2.75, 3.05) is 23.3 Å². The van der Waals surface area contributed by atoms with E-state index in [0.717, 1.165) is 10.2 Å². The third-order valence-electron chi connectivity index (χ3n) is 6.13. The number of hydrogen-bond donors (Lipinski definition) is 1. The van der Waals surface area contributed by atoms with E-state index in [1.165, 1.54) is 5.56 Å². The van der Waals surface area contributed by atoms with Crippen molar-refractivity contribution in [1.82, 2.24) is 4.90 Å². The Morgan fingerprint density at radius 3 is 2.48 bits per heavy atom. The Morgan fingerprint density at radius 2 is 1.78 bits per heavy atom. The third-order valence-corrected chi connectivity index (χ3v) is 6.66. The van der Waals surface area contributed by atoms with Gasteiger partial charge in [-0.05, 0) is 42.8 Å². The molecule has 4 rings (SSSR count). The van der Waals surface area contributed by atoms with E-state index in [-0.39, 0.29) is 23.8 Å². The monoisotopic (exact) mass is 427 g/mol. The normalized spacial score (nSPS) is 22.6. The van der Waals surface area contributed by atoms with Crippen LogP contribution in [0.1, 0.15) is 26.3 Å². The first-order chi connectivity index (χ1) is 12.7. The van der Waals surface area contributed by atoms with E-state index in [2.05, 4.69) is 59.1 Å². The Balaban J connectivity index is 1.61. The average Bonchev–Trinajstić information content (AvgIpc) is 2.98. The number of halogens is 1. The molecule has 2 aromatic carbocycles. The van der Waals surface area contributed by atoms with Crippen molar-refractivity contribution < 1.29 is 9.59 Å². The lowest BCUT2D eigenvalue weighted by Crippen LogP contribution is -2.60. The molecule has 2 heterocycles. The summed E-state index contributed by atoms with van der Waals surface area (Å²) in [6, 6.07) is 15.6. The number of rotatable bonds is 3. The van der Waals surface area contributed by atoms with Gasteiger partial charge in [-0.3, -0.25) is 9.59 Å². The van der Waals surface area contributed by atoms with Gasteiger partial charge in [0.25, 0.3) is 0 Å². The van der Waals surface area contributed by atoms with Crippen molar-refractivity contribution in [2.24, 2.45) is 0 Å². The van der Waals surface area contributed by atoms with E-state index in [1.54, 1.807) is 4.90 Å². The number of para-hydroxylation sites is 1. The fraction of sp³-hybridized carbons (Fsp3) is 0.333. The smallest absolute Gasteiger partial charge is 0.244 e. The van der Waals surface area contributed by atoms with Crippen LogP contribution in [0.3, 0.4) is 0 Å². The van der Waals surface area contributed by atoms with Crippen molar-refractivity contribution >= 4 is 39.1 Å². The van der Waals surface area contributed by atoms with Gasteiger partial charge in [-0.25, -0.2) is 0 Å². The maximum atomic E-state index is 12.8. The second-order valence-corrected chi connectivity index (χ2v) is 8.70. The van der Waals surface area contributed by atoms with Gasteiger partial charge >= 0.3 is 0 Å². The van der Waals surface area contributed by atoms with Crippen LogP contribution in [0.25, 0.3) is 0 Å². The minimum Gasteiger partial charge on any atom is -0.338 e. The van der Waals surface area contributed by atoms with E-state index in [4.69, 9.17) is 0 Å². The quantitative estimate of drug-likeness (QED) is 0.811. The lowest BCUT2D eigenvalue weighted by Gasteiger charge is -2.45. The standard InChI is InChI=1S/C21H22BrN3O2/c1-20(2)16-6-4-5-7-17(16)24-13-19(27)25(21(20,24)3)12-18(26)23-15-10-8-14(22)9-11-15/h4-11H,12-13H2,1-3H3,(H,23,26)/t21-/m1/s1. The molecule has 0 unspecified atom stereocenters. The molecule has 0 aromatic heterocycles. The topological polar surface area (TPSA) is 52.7 Å². The van der Waals surface area contributed by atoms with Gasteiger partial charge in [0.2, 0.25) is 11.8 Å². The van der Waals surface area contributed by atoms with Crippen LogP contribution < -0.4 is 10.2 Å². The summed E-state index contributed by atoms with van der Waals surface area (Å²) in [5, 5.41) is 2.89. The Labute approximate surface area is 167 Å². The van der Waals surface area contributed by atoms with E-state index in [0.29, 0.717) is 12.2 Å². The minimum absolute atomic E-state index is 0.0222. The Hall–Kier alpha value is -2.34. The number of carbonyl (C=O) groups is 2.